The van der Waals surface area contributed by atoms with E-state index >= 15 is 0 Å². The van der Waals surface area contributed by atoms with Gasteiger partial charge in [-0.3, -0.25) is 4.68 Å². The third kappa shape index (κ3) is 2.82. The molecule has 5 nitrogen and oxygen atoms in total. The van der Waals surface area contributed by atoms with Gasteiger partial charge in [-0.15, -0.1) is 0 Å². The molecule has 0 spiro atoms. The minimum atomic E-state index is 0.0758. The maximum Gasteiger partial charge on any atom is 0.138 e. The van der Waals surface area contributed by atoms with Crippen LogP contribution in [-0.4, -0.2) is 26.8 Å². The van der Waals surface area contributed by atoms with Gasteiger partial charge in [0, 0.05) is 23.3 Å². The number of nitrogens with zero attached hydrogens (tertiary/aromatic N) is 4. The zero-order valence-corrected chi connectivity index (χ0v) is 13.5. The highest BCUT2D eigenvalue weighted by Crippen LogP contribution is 2.27. The number of hydrogen-bond donors (Lipinski definition) is 1. The molecule has 2 aromatic heterocycles. The van der Waals surface area contributed by atoms with Crippen molar-refractivity contribution in [2.24, 2.45) is 7.05 Å². The number of pyridine rings is 1. The van der Waals surface area contributed by atoms with Gasteiger partial charge < -0.3 is 5.32 Å². The predicted molar refractivity (Wildman–Crippen MR) is 86.0 cm³/mol. The number of aromatic nitrogens is 4. The molecule has 21 heavy (non-hydrogen) atoms. The van der Waals surface area contributed by atoms with E-state index in [0.29, 0.717) is 0 Å². The summed E-state index contributed by atoms with van der Waals surface area (Å²) in [6.45, 7) is 0. The molecule has 0 amide bonds. The lowest BCUT2D eigenvalue weighted by atomic mass is 10.1. The van der Waals surface area contributed by atoms with Gasteiger partial charge >= 0.3 is 0 Å². The van der Waals surface area contributed by atoms with Gasteiger partial charge in [-0.1, -0.05) is 18.2 Å². The predicted octanol–water partition coefficient (Wildman–Crippen LogP) is 2.63. The molecule has 2 heterocycles. The van der Waals surface area contributed by atoms with Gasteiger partial charge in [0.05, 0.1) is 17.3 Å². The molecule has 6 heteroatoms. The molecule has 0 bridgehead atoms. The number of fused-ring (bicyclic) bond motifs is 1. The molecule has 1 aromatic carbocycles. The van der Waals surface area contributed by atoms with Crippen LogP contribution in [-0.2, 0) is 13.5 Å². The Kier molecular flexibility index (Phi) is 3.98. The molecule has 108 valence electrons. The van der Waals surface area contributed by atoms with E-state index in [1.807, 2.05) is 32.3 Å². The lowest BCUT2D eigenvalue weighted by Gasteiger charge is -2.17. The Labute approximate surface area is 131 Å². The van der Waals surface area contributed by atoms with Crippen LogP contribution in [0.3, 0.4) is 0 Å². The first-order chi connectivity index (χ1) is 10.2. The summed E-state index contributed by atoms with van der Waals surface area (Å²) in [5.41, 5.74) is 1.98. The first-order valence-corrected chi connectivity index (χ1v) is 7.53. The summed E-state index contributed by atoms with van der Waals surface area (Å²) >= 11 is 3.64. The van der Waals surface area contributed by atoms with Crippen molar-refractivity contribution in [3.8, 4) is 0 Å². The smallest absolute Gasteiger partial charge is 0.138 e. The van der Waals surface area contributed by atoms with Crippen LogP contribution < -0.4 is 5.32 Å². The number of rotatable bonds is 4. The first kappa shape index (κ1) is 14.2. The van der Waals surface area contributed by atoms with Crippen molar-refractivity contribution in [2.45, 2.75) is 12.5 Å². The number of hydrogen-bond acceptors (Lipinski definition) is 4. The largest absolute Gasteiger partial charge is 0.311 e. The fraction of sp³-hybridized carbons (Fsp3) is 0.267. The van der Waals surface area contributed by atoms with E-state index < -0.39 is 0 Å². The summed E-state index contributed by atoms with van der Waals surface area (Å²) in [6, 6.07) is 10.3. The van der Waals surface area contributed by atoms with E-state index in [0.717, 1.165) is 33.3 Å². The summed E-state index contributed by atoms with van der Waals surface area (Å²) in [5, 5.41) is 8.56. The average molecular weight is 346 g/mol. The quantitative estimate of drug-likeness (QED) is 0.789. The van der Waals surface area contributed by atoms with Gasteiger partial charge in [-0.2, -0.15) is 5.10 Å². The second-order valence-electron chi connectivity index (χ2n) is 4.89. The maximum atomic E-state index is 4.79. The van der Waals surface area contributed by atoms with Crippen molar-refractivity contribution >= 4 is 26.8 Å². The van der Waals surface area contributed by atoms with Crippen LogP contribution in [0.2, 0.25) is 0 Å². The summed E-state index contributed by atoms with van der Waals surface area (Å²) in [6.07, 6.45) is 2.31. The van der Waals surface area contributed by atoms with Crippen LogP contribution in [0.25, 0.3) is 10.9 Å². The monoisotopic (exact) mass is 345 g/mol. The Balaban J connectivity index is 2.00. The molecular formula is C15H16BrN5. The SMILES string of the molecule is CNC(Cc1ncnn1C)c1nc2ccccc2cc1Br. The van der Waals surface area contributed by atoms with Gasteiger partial charge in [0.2, 0.25) is 0 Å². The number of para-hydroxylation sites is 1. The fourth-order valence-corrected chi connectivity index (χ4v) is 2.98. The topological polar surface area (TPSA) is 55.6 Å². The molecule has 0 saturated carbocycles. The molecule has 0 aliphatic carbocycles. The van der Waals surface area contributed by atoms with E-state index in [4.69, 9.17) is 4.98 Å². The third-order valence-corrected chi connectivity index (χ3v) is 4.21. The fourth-order valence-electron chi connectivity index (χ4n) is 2.37. The van der Waals surface area contributed by atoms with Gasteiger partial charge in [-0.25, -0.2) is 9.97 Å². The van der Waals surface area contributed by atoms with Crippen LogP contribution in [0.4, 0.5) is 0 Å². The molecule has 0 saturated heterocycles. The summed E-state index contributed by atoms with van der Waals surface area (Å²) in [4.78, 5) is 9.08. The van der Waals surface area contributed by atoms with E-state index in [-0.39, 0.29) is 6.04 Å². The van der Waals surface area contributed by atoms with Crippen LogP contribution in [0, 0.1) is 0 Å². The summed E-state index contributed by atoms with van der Waals surface area (Å²) in [7, 11) is 3.84. The van der Waals surface area contributed by atoms with Crippen LogP contribution in [0.1, 0.15) is 17.6 Å². The van der Waals surface area contributed by atoms with E-state index in [1.165, 1.54) is 0 Å². The van der Waals surface area contributed by atoms with Crippen LogP contribution >= 0.6 is 15.9 Å². The highest BCUT2D eigenvalue weighted by atomic mass is 79.9. The second kappa shape index (κ2) is 5.91. The van der Waals surface area contributed by atoms with Crippen molar-refractivity contribution < 1.29 is 0 Å². The van der Waals surface area contributed by atoms with Gasteiger partial charge in [-0.05, 0) is 35.1 Å². The second-order valence-corrected chi connectivity index (χ2v) is 5.75. The Morgan fingerprint density at radius 2 is 2.14 bits per heavy atom. The zero-order valence-electron chi connectivity index (χ0n) is 11.9. The minimum Gasteiger partial charge on any atom is -0.311 e. The maximum absolute atomic E-state index is 4.79. The van der Waals surface area contributed by atoms with E-state index in [1.54, 1.807) is 11.0 Å². The lowest BCUT2D eigenvalue weighted by Crippen LogP contribution is -2.22. The molecule has 1 unspecified atom stereocenters. The van der Waals surface area contributed by atoms with Gasteiger partial charge in [0.15, 0.2) is 0 Å². The third-order valence-electron chi connectivity index (χ3n) is 3.57. The van der Waals surface area contributed by atoms with Crippen molar-refractivity contribution in [3.05, 3.63) is 52.7 Å². The Hall–Kier alpha value is -1.79. The molecule has 1 N–H and O–H groups in total. The number of benzene rings is 1. The van der Waals surface area contributed by atoms with Crippen molar-refractivity contribution in [3.63, 3.8) is 0 Å². The number of nitrogens with one attached hydrogen (secondary N) is 1. The standard InChI is InChI=1S/C15H16BrN5/c1-17-13(8-14-18-9-19-21(14)2)15-11(16)7-10-5-3-4-6-12(10)20-15/h3-7,9,13,17H,8H2,1-2H3. The molecular weight excluding hydrogens is 330 g/mol. The van der Waals surface area contributed by atoms with Crippen LogP contribution in [0.15, 0.2) is 41.1 Å². The minimum absolute atomic E-state index is 0.0758. The van der Waals surface area contributed by atoms with Crippen molar-refractivity contribution in [1.29, 1.82) is 0 Å². The van der Waals surface area contributed by atoms with Crippen LogP contribution in [0.5, 0.6) is 0 Å². The number of aryl methyl sites for hydroxylation is 1. The number of likely N-dealkylation sites (N-methyl/N-ethyl adjacent to an activating group) is 1. The Morgan fingerprint density at radius 3 is 2.86 bits per heavy atom. The molecule has 3 rings (SSSR count). The molecule has 1 atom stereocenters. The normalized spacial score (nSPS) is 12.7. The van der Waals surface area contributed by atoms with E-state index in [9.17, 15) is 0 Å². The zero-order chi connectivity index (χ0) is 14.8. The molecule has 0 aliphatic heterocycles. The highest BCUT2D eigenvalue weighted by molar-refractivity contribution is 9.10. The molecule has 0 fully saturated rings. The Bertz CT molecular complexity index is 768. The number of halogens is 1. The highest BCUT2D eigenvalue weighted by Gasteiger charge is 2.18. The molecule has 0 aliphatic rings. The lowest BCUT2D eigenvalue weighted by molar-refractivity contribution is 0.541. The summed E-state index contributed by atoms with van der Waals surface area (Å²) < 4.78 is 2.79. The first-order valence-electron chi connectivity index (χ1n) is 6.74. The van der Waals surface area contributed by atoms with Gasteiger partial charge in [0.1, 0.15) is 12.2 Å². The van der Waals surface area contributed by atoms with E-state index in [2.05, 4.69) is 43.5 Å². The van der Waals surface area contributed by atoms with Crippen molar-refractivity contribution in [1.82, 2.24) is 25.1 Å². The van der Waals surface area contributed by atoms with Gasteiger partial charge in [0.25, 0.3) is 0 Å². The molecule has 0 radical (unpaired) electrons. The Morgan fingerprint density at radius 1 is 1.33 bits per heavy atom. The summed E-state index contributed by atoms with van der Waals surface area (Å²) in [5.74, 6) is 0.927. The van der Waals surface area contributed by atoms with Crippen molar-refractivity contribution in [2.75, 3.05) is 7.05 Å². The molecule has 3 aromatic rings. The average Bonchev–Trinajstić information content (AvgIpc) is 2.89.